The molecule has 0 saturated heterocycles. The molecule has 0 amide bonds. The van der Waals surface area contributed by atoms with E-state index in [0.717, 1.165) is 43.4 Å². The number of rotatable bonds is 4. The van der Waals surface area contributed by atoms with E-state index in [1.54, 1.807) is 6.92 Å². The molecule has 0 aromatic carbocycles. The van der Waals surface area contributed by atoms with Gasteiger partial charge in [0.2, 0.25) is 0 Å². The molecule has 0 aliphatic heterocycles. The molecule has 4 fully saturated rings. The van der Waals surface area contributed by atoms with Crippen LogP contribution >= 0.6 is 11.8 Å². The van der Waals surface area contributed by atoms with Crippen LogP contribution in [0.1, 0.15) is 85.5 Å². The van der Waals surface area contributed by atoms with E-state index < -0.39 is 6.04 Å². The van der Waals surface area contributed by atoms with Crippen molar-refractivity contribution in [2.24, 2.45) is 40.4 Å². The lowest BCUT2D eigenvalue weighted by Crippen LogP contribution is -2.54. The summed E-state index contributed by atoms with van der Waals surface area (Å²) in [7, 11) is 0. The van der Waals surface area contributed by atoms with Gasteiger partial charge in [0.15, 0.2) is 0 Å². The first-order chi connectivity index (χ1) is 13.7. The van der Waals surface area contributed by atoms with Crippen molar-refractivity contribution in [2.75, 3.05) is 0 Å². The van der Waals surface area contributed by atoms with Crippen molar-refractivity contribution in [1.82, 2.24) is 4.84 Å². The first-order valence-corrected chi connectivity index (χ1v) is 12.2. The highest BCUT2D eigenvalue weighted by Gasteiger charge is 2.60. The number of carbonyl (C=O) groups is 2. The van der Waals surface area contributed by atoms with Crippen LogP contribution in [0.3, 0.4) is 0 Å². The summed E-state index contributed by atoms with van der Waals surface area (Å²) in [6.45, 7) is 8.49. The van der Waals surface area contributed by atoms with Gasteiger partial charge in [-0.3, -0.25) is 9.59 Å². The molecule has 5 heteroatoms. The second-order valence-corrected chi connectivity index (χ2v) is 11.3. The van der Waals surface area contributed by atoms with Gasteiger partial charge in [0.25, 0.3) is 0 Å². The molecule has 0 heterocycles. The first kappa shape index (κ1) is 21.6. The SMILES string of the molecule is CC(=O)[C@H]1CCC2C3CC[C@H]4C[C@H](OC(=O)C(C)NCl)CC[C@]4(C)C3CC[C@@]21C. The van der Waals surface area contributed by atoms with E-state index in [4.69, 9.17) is 16.5 Å². The molecule has 29 heavy (non-hydrogen) atoms. The lowest BCUT2D eigenvalue weighted by Gasteiger charge is -2.61. The van der Waals surface area contributed by atoms with Crippen molar-refractivity contribution in [3.8, 4) is 0 Å². The molecule has 1 N–H and O–H groups in total. The average molecular weight is 424 g/mol. The van der Waals surface area contributed by atoms with Crippen LogP contribution in [0.5, 0.6) is 0 Å². The minimum atomic E-state index is -0.465. The fourth-order valence-electron chi connectivity index (χ4n) is 8.30. The van der Waals surface area contributed by atoms with Gasteiger partial charge >= 0.3 is 5.97 Å². The van der Waals surface area contributed by atoms with E-state index in [0.29, 0.717) is 17.1 Å². The van der Waals surface area contributed by atoms with E-state index in [9.17, 15) is 9.59 Å². The fraction of sp³-hybridized carbons (Fsp3) is 0.917. The summed E-state index contributed by atoms with van der Waals surface area (Å²) in [6, 6.07) is -0.465. The molecule has 4 aliphatic carbocycles. The first-order valence-electron chi connectivity index (χ1n) is 11.8. The summed E-state index contributed by atoms with van der Waals surface area (Å²) < 4.78 is 5.78. The molecule has 0 aromatic heterocycles. The number of nitrogens with one attached hydrogen (secondary N) is 1. The molecule has 164 valence electrons. The van der Waals surface area contributed by atoms with Crippen LogP contribution < -0.4 is 4.84 Å². The summed E-state index contributed by atoms with van der Waals surface area (Å²) >= 11 is 5.59. The number of carbonyl (C=O) groups excluding carboxylic acids is 2. The van der Waals surface area contributed by atoms with Gasteiger partial charge in [-0.2, -0.15) is 0 Å². The van der Waals surface area contributed by atoms with Crippen LogP contribution in [0.15, 0.2) is 0 Å². The summed E-state index contributed by atoms with van der Waals surface area (Å²) in [5.41, 5.74) is 0.589. The molecular weight excluding hydrogens is 386 g/mol. The molecule has 9 atom stereocenters. The lowest BCUT2D eigenvalue weighted by atomic mass is 9.44. The third kappa shape index (κ3) is 3.46. The summed E-state index contributed by atoms with van der Waals surface area (Å²) in [4.78, 5) is 26.9. The Hall–Kier alpha value is -0.610. The molecule has 4 saturated carbocycles. The Morgan fingerprint density at radius 2 is 1.69 bits per heavy atom. The van der Waals surface area contributed by atoms with Crippen molar-refractivity contribution in [1.29, 1.82) is 0 Å². The molecule has 0 bridgehead atoms. The molecule has 0 radical (unpaired) electrons. The van der Waals surface area contributed by atoms with Crippen molar-refractivity contribution < 1.29 is 14.3 Å². The zero-order valence-electron chi connectivity index (χ0n) is 18.5. The quantitative estimate of drug-likeness (QED) is 0.493. The number of ether oxygens (including phenoxy) is 1. The largest absolute Gasteiger partial charge is 0.461 e. The molecule has 4 aliphatic rings. The Balaban J connectivity index is 1.47. The van der Waals surface area contributed by atoms with Crippen LogP contribution in [-0.4, -0.2) is 23.9 Å². The van der Waals surface area contributed by atoms with E-state index >= 15 is 0 Å². The van der Waals surface area contributed by atoms with Crippen molar-refractivity contribution in [2.45, 2.75) is 97.6 Å². The van der Waals surface area contributed by atoms with Gasteiger partial charge in [0.1, 0.15) is 17.9 Å². The van der Waals surface area contributed by atoms with Gasteiger partial charge in [-0.25, -0.2) is 4.84 Å². The Labute approximate surface area is 181 Å². The zero-order chi connectivity index (χ0) is 21.0. The maximum atomic E-state index is 12.3. The highest BCUT2D eigenvalue weighted by molar-refractivity contribution is 6.14. The fourth-order valence-corrected chi connectivity index (χ4v) is 8.39. The lowest BCUT2D eigenvalue weighted by molar-refractivity contribution is -0.164. The number of ketones is 1. The molecule has 0 spiro atoms. The number of hydrogen-bond donors (Lipinski definition) is 1. The summed E-state index contributed by atoms with van der Waals surface area (Å²) in [6.07, 6.45) is 10.5. The Morgan fingerprint density at radius 1 is 1.00 bits per heavy atom. The zero-order valence-corrected chi connectivity index (χ0v) is 19.3. The van der Waals surface area contributed by atoms with Crippen molar-refractivity contribution >= 4 is 23.5 Å². The third-order valence-electron chi connectivity index (χ3n) is 9.91. The number of Topliss-reactive ketones (excluding diaryl/α,β-unsaturated/α-hetero) is 1. The molecule has 4 rings (SSSR count). The normalized spacial score (nSPS) is 47.5. The maximum absolute atomic E-state index is 12.3. The molecule has 4 nitrogen and oxygen atoms in total. The van der Waals surface area contributed by atoms with E-state index in [1.807, 2.05) is 6.92 Å². The van der Waals surface area contributed by atoms with Gasteiger partial charge in [0, 0.05) is 5.92 Å². The second-order valence-electron chi connectivity index (χ2n) is 11.1. The highest BCUT2D eigenvalue weighted by Crippen LogP contribution is 2.67. The average Bonchev–Trinajstić information content (AvgIpc) is 3.05. The minimum absolute atomic E-state index is 0.0343. The maximum Gasteiger partial charge on any atom is 0.324 e. The second kappa shape index (κ2) is 7.82. The van der Waals surface area contributed by atoms with E-state index in [2.05, 4.69) is 18.7 Å². The Bertz CT molecular complexity index is 669. The molecule has 0 aromatic rings. The van der Waals surface area contributed by atoms with Crippen LogP contribution in [0.2, 0.25) is 0 Å². The summed E-state index contributed by atoms with van der Waals surface area (Å²) in [5, 5.41) is 0. The smallest absolute Gasteiger partial charge is 0.324 e. The van der Waals surface area contributed by atoms with E-state index in [-0.39, 0.29) is 23.4 Å². The minimum Gasteiger partial charge on any atom is -0.461 e. The molecule has 4 unspecified atom stereocenters. The van der Waals surface area contributed by atoms with Gasteiger partial charge < -0.3 is 4.74 Å². The predicted molar refractivity (Wildman–Crippen MR) is 114 cm³/mol. The van der Waals surface area contributed by atoms with Gasteiger partial charge in [-0.05, 0) is 118 Å². The van der Waals surface area contributed by atoms with Crippen LogP contribution in [0, 0.1) is 40.4 Å². The summed E-state index contributed by atoms with van der Waals surface area (Å²) in [5.74, 6) is 3.37. The van der Waals surface area contributed by atoms with Crippen LogP contribution in [0.4, 0.5) is 0 Å². The number of halogens is 1. The highest BCUT2D eigenvalue weighted by atomic mass is 35.5. The van der Waals surface area contributed by atoms with Gasteiger partial charge in [0.05, 0.1) is 0 Å². The number of fused-ring (bicyclic) bond motifs is 5. The molecular formula is C24H38ClNO3. The Morgan fingerprint density at radius 3 is 2.38 bits per heavy atom. The number of esters is 1. The topological polar surface area (TPSA) is 55.4 Å². The van der Waals surface area contributed by atoms with Gasteiger partial charge in [-0.15, -0.1) is 0 Å². The Kier molecular flexibility index (Phi) is 5.83. The van der Waals surface area contributed by atoms with Crippen LogP contribution in [-0.2, 0) is 14.3 Å². The van der Waals surface area contributed by atoms with Crippen LogP contribution in [0.25, 0.3) is 0 Å². The third-order valence-corrected chi connectivity index (χ3v) is 10.2. The van der Waals surface area contributed by atoms with Crippen molar-refractivity contribution in [3.05, 3.63) is 0 Å². The monoisotopic (exact) mass is 423 g/mol. The predicted octanol–water partition coefficient (Wildman–Crippen LogP) is 5.28. The van der Waals surface area contributed by atoms with Gasteiger partial charge in [-0.1, -0.05) is 13.8 Å². The number of hydrogen-bond acceptors (Lipinski definition) is 4. The van der Waals surface area contributed by atoms with Crippen molar-refractivity contribution in [3.63, 3.8) is 0 Å². The standard InChI is InChI=1S/C24H38ClNO3/c1-14(26-25)22(28)29-17-9-11-23(3)16(13-17)5-6-18-20-8-7-19(15(2)27)24(20,4)12-10-21(18)23/h14,16-21,26H,5-13H2,1-4H3/t14?,16-,17+,18?,19+,20?,21?,23-,24+/m0/s1. The van der Waals surface area contributed by atoms with E-state index in [1.165, 1.54) is 32.1 Å².